The summed E-state index contributed by atoms with van der Waals surface area (Å²) in [4.78, 5) is 0. The van der Waals surface area contributed by atoms with E-state index in [9.17, 15) is 0 Å². The summed E-state index contributed by atoms with van der Waals surface area (Å²) in [6.45, 7) is 5.08. The predicted molar refractivity (Wildman–Crippen MR) is 63.8 cm³/mol. The first-order valence-corrected chi connectivity index (χ1v) is 6.31. The zero-order valence-corrected chi connectivity index (χ0v) is 10.4. The molecule has 0 aliphatic carbocycles. The van der Waals surface area contributed by atoms with Gasteiger partial charge in [0.15, 0.2) is 0 Å². The second kappa shape index (κ2) is 10.0. The van der Waals surface area contributed by atoms with Crippen LogP contribution in [0.4, 0.5) is 0 Å². The highest BCUT2D eigenvalue weighted by atomic mass is 16.5. The van der Waals surface area contributed by atoms with Gasteiger partial charge in [-0.2, -0.15) is 0 Å². The van der Waals surface area contributed by atoms with Crippen molar-refractivity contribution in [2.24, 2.45) is 0 Å². The lowest BCUT2D eigenvalue weighted by atomic mass is 10.1. The molecule has 1 heterocycles. The van der Waals surface area contributed by atoms with E-state index in [4.69, 9.17) is 14.2 Å². The smallest absolute Gasteiger partial charge is 0.0700 e. The fourth-order valence-corrected chi connectivity index (χ4v) is 1.83. The Morgan fingerprint density at radius 2 is 2.12 bits per heavy atom. The zero-order valence-electron chi connectivity index (χ0n) is 10.4. The first-order chi connectivity index (χ1) is 7.93. The van der Waals surface area contributed by atoms with Crippen molar-refractivity contribution in [2.75, 3.05) is 46.7 Å². The number of nitrogens with one attached hydrogen (secondary N) is 1. The summed E-state index contributed by atoms with van der Waals surface area (Å²) in [6.07, 6.45) is 4.64. The van der Waals surface area contributed by atoms with Crippen LogP contribution in [0.15, 0.2) is 0 Å². The van der Waals surface area contributed by atoms with Gasteiger partial charge in [0.05, 0.1) is 13.2 Å². The number of hydrogen-bond acceptors (Lipinski definition) is 4. The summed E-state index contributed by atoms with van der Waals surface area (Å²) in [6, 6.07) is 0.640. The summed E-state index contributed by atoms with van der Waals surface area (Å²) in [5.41, 5.74) is 0. The van der Waals surface area contributed by atoms with Crippen LogP contribution in [0.2, 0.25) is 0 Å². The fourth-order valence-electron chi connectivity index (χ4n) is 1.83. The minimum atomic E-state index is 0.640. The van der Waals surface area contributed by atoms with Crippen molar-refractivity contribution in [1.29, 1.82) is 0 Å². The minimum Gasteiger partial charge on any atom is -0.382 e. The van der Waals surface area contributed by atoms with Crippen molar-refractivity contribution in [3.05, 3.63) is 0 Å². The largest absolute Gasteiger partial charge is 0.382 e. The molecule has 16 heavy (non-hydrogen) atoms. The van der Waals surface area contributed by atoms with Gasteiger partial charge in [-0.3, -0.25) is 0 Å². The Labute approximate surface area is 98.6 Å². The van der Waals surface area contributed by atoms with Gasteiger partial charge in [0, 0.05) is 33.0 Å². The van der Waals surface area contributed by atoms with Gasteiger partial charge < -0.3 is 19.5 Å². The maximum absolute atomic E-state index is 5.42. The van der Waals surface area contributed by atoms with Crippen LogP contribution in [0.25, 0.3) is 0 Å². The van der Waals surface area contributed by atoms with Crippen molar-refractivity contribution >= 4 is 0 Å². The first kappa shape index (κ1) is 13.9. The molecule has 4 heteroatoms. The summed E-state index contributed by atoms with van der Waals surface area (Å²) < 4.78 is 15.7. The molecule has 0 spiro atoms. The summed E-state index contributed by atoms with van der Waals surface area (Å²) in [5.74, 6) is 0. The maximum Gasteiger partial charge on any atom is 0.0700 e. The highest BCUT2D eigenvalue weighted by Gasteiger charge is 2.10. The van der Waals surface area contributed by atoms with Gasteiger partial charge in [0.25, 0.3) is 0 Å². The third kappa shape index (κ3) is 7.17. The van der Waals surface area contributed by atoms with Crippen LogP contribution in [0.5, 0.6) is 0 Å². The van der Waals surface area contributed by atoms with Crippen molar-refractivity contribution < 1.29 is 14.2 Å². The van der Waals surface area contributed by atoms with Gasteiger partial charge in [0.2, 0.25) is 0 Å². The van der Waals surface area contributed by atoms with E-state index in [1.165, 1.54) is 12.8 Å². The minimum absolute atomic E-state index is 0.640. The van der Waals surface area contributed by atoms with Crippen molar-refractivity contribution in [3.8, 4) is 0 Å². The van der Waals surface area contributed by atoms with E-state index in [2.05, 4.69) is 5.32 Å². The van der Waals surface area contributed by atoms with Crippen LogP contribution in [0, 0.1) is 0 Å². The van der Waals surface area contributed by atoms with Gasteiger partial charge in [-0.15, -0.1) is 0 Å². The van der Waals surface area contributed by atoms with E-state index >= 15 is 0 Å². The topological polar surface area (TPSA) is 39.7 Å². The average Bonchev–Trinajstić information content (AvgIpc) is 2.56. The first-order valence-electron chi connectivity index (χ1n) is 6.31. The standard InChI is InChI=1S/C12H25NO3/c1-14-10-11-16-8-3-6-13-12-4-2-7-15-9-5-12/h12-13H,2-11H2,1H3. The van der Waals surface area contributed by atoms with Crippen LogP contribution in [0.1, 0.15) is 25.7 Å². The molecule has 1 N–H and O–H groups in total. The molecule has 1 saturated heterocycles. The molecule has 1 rings (SSSR count). The molecular formula is C12H25NO3. The molecule has 1 atom stereocenters. The Balaban J connectivity index is 1.86. The Bertz CT molecular complexity index is 147. The van der Waals surface area contributed by atoms with E-state index in [-0.39, 0.29) is 0 Å². The Kier molecular flexibility index (Phi) is 8.71. The van der Waals surface area contributed by atoms with E-state index in [0.717, 1.165) is 39.2 Å². The fraction of sp³-hybridized carbons (Fsp3) is 1.00. The summed E-state index contributed by atoms with van der Waals surface area (Å²) in [5, 5.41) is 3.56. The van der Waals surface area contributed by atoms with Crippen molar-refractivity contribution in [3.63, 3.8) is 0 Å². The number of hydrogen-bond donors (Lipinski definition) is 1. The quantitative estimate of drug-likeness (QED) is 0.637. The van der Waals surface area contributed by atoms with Crippen LogP contribution >= 0.6 is 0 Å². The third-order valence-corrected chi connectivity index (χ3v) is 2.78. The molecule has 0 radical (unpaired) electrons. The molecule has 0 saturated carbocycles. The van der Waals surface area contributed by atoms with Crippen LogP contribution in [0.3, 0.4) is 0 Å². The molecule has 4 nitrogen and oxygen atoms in total. The van der Waals surface area contributed by atoms with Crippen LogP contribution in [-0.4, -0.2) is 52.7 Å². The molecule has 0 amide bonds. The Morgan fingerprint density at radius 3 is 3.00 bits per heavy atom. The normalized spacial score (nSPS) is 21.9. The van der Waals surface area contributed by atoms with Gasteiger partial charge in [-0.05, 0) is 32.2 Å². The van der Waals surface area contributed by atoms with Crippen LogP contribution in [-0.2, 0) is 14.2 Å². The second-order valence-electron chi connectivity index (χ2n) is 4.15. The van der Waals surface area contributed by atoms with E-state index in [1.807, 2.05) is 0 Å². The highest BCUT2D eigenvalue weighted by Crippen LogP contribution is 2.07. The monoisotopic (exact) mass is 231 g/mol. The van der Waals surface area contributed by atoms with E-state index in [1.54, 1.807) is 7.11 Å². The number of methoxy groups -OCH3 is 1. The molecule has 0 bridgehead atoms. The summed E-state index contributed by atoms with van der Waals surface area (Å²) in [7, 11) is 1.69. The molecule has 1 fully saturated rings. The molecule has 0 aromatic heterocycles. The SMILES string of the molecule is COCCOCCCNC1CCCOCC1. The molecule has 1 aliphatic rings. The van der Waals surface area contributed by atoms with Gasteiger partial charge >= 0.3 is 0 Å². The van der Waals surface area contributed by atoms with Crippen molar-refractivity contribution in [2.45, 2.75) is 31.7 Å². The number of rotatable bonds is 8. The zero-order chi connectivity index (χ0) is 11.5. The van der Waals surface area contributed by atoms with E-state index < -0.39 is 0 Å². The van der Waals surface area contributed by atoms with Gasteiger partial charge in [0.1, 0.15) is 0 Å². The maximum atomic E-state index is 5.42. The molecule has 1 unspecified atom stereocenters. The second-order valence-corrected chi connectivity index (χ2v) is 4.15. The molecule has 96 valence electrons. The predicted octanol–water partition coefficient (Wildman–Crippen LogP) is 1.20. The third-order valence-electron chi connectivity index (χ3n) is 2.78. The lowest BCUT2D eigenvalue weighted by Gasteiger charge is -2.15. The molecule has 0 aromatic rings. The Morgan fingerprint density at radius 1 is 1.19 bits per heavy atom. The molecule has 0 aromatic carbocycles. The summed E-state index contributed by atoms with van der Waals surface area (Å²) >= 11 is 0. The Hall–Kier alpha value is -0.160. The highest BCUT2D eigenvalue weighted by molar-refractivity contribution is 4.68. The van der Waals surface area contributed by atoms with Gasteiger partial charge in [-0.1, -0.05) is 0 Å². The average molecular weight is 231 g/mol. The number of ether oxygens (including phenoxy) is 3. The molecular weight excluding hydrogens is 206 g/mol. The molecule has 1 aliphatic heterocycles. The van der Waals surface area contributed by atoms with Gasteiger partial charge in [-0.25, -0.2) is 0 Å². The van der Waals surface area contributed by atoms with E-state index in [0.29, 0.717) is 19.3 Å². The lowest BCUT2D eigenvalue weighted by molar-refractivity contribution is 0.0691. The van der Waals surface area contributed by atoms with Crippen molar-refractivity contribution in [1.82, 2.24) is 5.32 Å². The lowest BCUT2D eigenvalue weighted by Crippen LogP contribution is -2.30. The van der Waals surface area contributed by atoms with Crippen LogP contribution < -0.4 is 5.32 Å².